The largest absolute Gasteiger partial charge is 0.0776 e. The predicted molar refractivity (Wildman–Crippen MR) is 418 cm³/mol. The van der Waals surface area contributed by atoms with Gasteiger partial charge in [-0.05, 0) is 100 Å². The Kier molecular flexibility index (Phi) is 74.1. The van der Waals surface area contributed by atoms with Crippen LogP contribution in [0.5, 0.6) is 0 Å². The first-order valence-corrected chi connectivity index (χ1v) is 33.7. The smallest absolute Gasteiger partial charge is 0.0103 e. The van der Waals surface area contributed by atoms with Gasteiger partial charge in [-0.15, -0.1) is 0 Å². The normalized spacial score (nSPS) is 8.14. The number of aryl methyl sites for hydroxylation is 2. The summed E-state index contributed by atoms with van der Waals surface area (Å²) in [6.07, 6.45) is 0. The second-order valence-electron chi connectivity index (χ2n) is 14.9. The van der Waals surface area contributed by atoms with Gasteiger partial charge in [0.15, 0.2) is 0 Å². The lowest BCUT2D eigenvalue weighted by atomic mass is 9.93. The predicted octanol–water partition coefficient (Wildman–Crippen LogP) is 31.1. The molecule has 0 heterocycles. The lowest BCUT2D eigenvalue weighted by molar-refractivity contribution is 1.41. The Morgan fingerprint density at radius 1 is 0.126 bits per heavy atom. The van der Waals surface area contributed by atoms with E-state index >= 15 is 0 Å². The van der Waals surface area contributed by atoms with Gasteiger partial charge in [0.1, 0.15) is 0 Å². The summed E-state index contributed by atoms with van der Waals surface area (Å²) in [4.78, 5) is 0. The van der Waals surface area contributed by atoms with Crippen LogP contribution in [0, 0.1) is 13.8 Å². The van der Waals surface area contributed by atoms with Crippen molar-refractivity contribution in [2.24, 2.45) is 0 Å². The van der Waals surface area contributed by atoms with Crippen molar-refractivity contribution in [3.05, 3.63) is 266 Å². The lowest BCUT2D eigenvalue weighted by Crippen LogP contribution is -1.87. The Balaban J connectivity index is -0.000000170. The number of hydrogen-bond donors (Lipinski definition) is 0. The van der Waals surface area contributed by atoms with Gasteiger partial charge in [-0.3, -0.25) is 0 Å². The minimum absolute atomic E-state index is 0. The first-order chi connectivity index (χ1) is 42.7. The van der Waals surface area contributed by atoms with Crippen LogP contribution in [0.2, 0.25) is 0 Å². The van der Waals surface area contributed by atoms with Crippen LogP contribution in [-0.4, -0.2) is 0 Å². The fourth-order valence-corrected chi connectivity index (χ4v) is 7.92. The van der Waals surface area contributed by atoms with Crippen molar-refractivity contribution in [3.63, 3.8) is 0 Å². The summed E-state index contributed by atoms with van der Waals surface area (Å²) in [6.45, 7) is 56.4. The summed E-state index contributed by atoms with van der Waals surface area (Å²) >= 11 is 0. The van der Waals surface area contributed by atoms with E-state index in [-0.39, 0.29) is 7.43 Å². The molecule has 0 saturated carbocycles. The van der Waals surface area contributed by atoms with E-state index in [9.17, 15) is 0 Å². The number of benzene rings is 12. The number of fused-ring (bicyclic) bond motifs is 10. The molecule has 12 rings (SSSR count). The highest BCUT2D eigenvalue weighted by molar-refractivity contribution is 6.11. The molecule has 0 amide bonds. The Hall–Kier alpha value is -7.54. The summed E-state index contributed by atoms with van der Waals surface area (Å²) in [5.74, 6) is 0. The molecule has 0 unspecified atom stereocenters. The van der Waals surface area contributed by atoms with E-state index in [1.165, 1.54) is 86.5 Å². The first kappa shape index (κ1) is 93.2. The average Bonchev–Trinajstić information content (AvgIpc) is 3.78. The van der Waals surface area contributed by atoms with Crippen LogP contribution in [0.15, 0.2) is 255 Å². The number of hydrogen-bond acceptors (Lipinski definition) is 0. The number of rotatable bonds is 0. The van der Waals surface area contributed by atoms with Crippen LogP contribution >= 0.6 is 0 Å². The van der Waals surface area contributed by atoms with E-state index in [0.717, 1.165) is 0 Å². The van der Waals surface area contributed by atoms with Crippen molar-refractivity contribution >= 4 is 75.4 Å². The third-order valence-corrected chi connectivity index (χ3v) is 11.1. The molecule has 0 heteroatoms. The van der Waals surface area contributed by atoms with Gasteiger partial charge in [0, 0.05) is 0 Å². The van der Waals surface area contributed by atoms with Crippen LogP contribution in [0.1, 0.15) is 199 Å². The molecule has 0 aliphatic heterocycles. The first-order valence-electron chi connectivity index (χ1n) is 33.7. The highest BCUT2D eigenvalue weighted by Crippen LogP contribution is 2.32. The van der Waals surface area contributed by atoms with Crippen molar-refractivity contribution in [2.45, 2.75) is 201 Å². The van der Waals surface area contributed by atoms with Crippen molar-refractivity contribution < 1.29 is 0 Å². The molecule has 0 aliphatic rings. The third kappa shape index (κ3) is 33.8. The van der Waals surface area contributed by atoms with Gasteiger partial charge in [-0.1, -0.05) is 442 Å². The van der Waals surface area contributed by atoms with Crippen molar-refractivity contribution in [2.75, 3.05) is 0 Å². The quantitative estimate of drug-likeness (QED) is 0.133. The van der Waals surface area contributed by atoms with Gasteiger partial charge in [0.2, 0.25) is 0 Å². The molecule has 12 aromatic carbocycles. The van der Waals surface area contributed by atoms with E-state index in [1.54, 1.807) is 0 Å². The highest BCUT2D eigenvalue weighted by atomic mass is 14.1. The van der Waals surface area contributed by atoms with E-state index in [0.29, 0.717) is 0 Å². The highest BCUT2D eigenvalue weighted by Gasteiger charge is 2.07. The summed E-state index contributed by atoms with van der Waals surface area (Å²) in [7, 11) is 0. The summed E-state index contributed by atoms with van der Waals surface area (Å²) in [5.41, 5.74) is 2.80. The van der Waals surface area contributed by atoms with Gasteiger partial charge in [0.25, 0.3) is 0 Å². The van der Waals surface area contributed by atoms with Crippen molar-refractivity contribution in [3.8, 4) is 0 Å². The minimum atomic E-state index is 0. The van der Waals surface area contributed by atoms with E-state index in [1.807, 2.05) is 216 Å². The van der Waals surface area contributed by atoms with Crippen LogP contribution in [-0.2, 0) is 0 Å². The molecule has 478 valence electrons. The lowest BCUT2D eigenvalue weighted by Gasteiger charge is -2.11. The summed E-state index contributed by atoms with van der Waals surface area (Å²) < 4.78 is 0. The molecule has 0 fully saturated rings. The molecule has 0 saturated heterocycles. The molecule has 0 N–H and O–H groups in total. The van der Waals surface area contributed by atoms with Gasteiger partial charge >= 0.3 is 0 Å². The molecule has 12 aromatic rings. The second-order valence-corrected chi connectivity index (χ2v) is 14.9. The Morgan fingerprint density at radius 2 is 0.253 bits per heavy atom. The van der Waals surface area contributed by atoms with Crippen molar-refractivity contribution in [1.29, 1.82) is 0 Å². The van der Waals surface area contributed by atoms with Crippen LogP contribution in [0.3, 0.4) is 0 Å². The second kappa shape index (κ2) is 69.2. The molecule has 0 aromatic heterocycles. The molecule has 0 radical (unpaired) electrons. The fourth-order valence-electron chi connectivity index (χ4n) is 7.92. The molecule has 0 atom stereocenters. The Morgan fingerprint density at radius 3 is 0.425 bits per heavy atom. The third-order valence-electron chi connectivity index (χ3n) is 11.1. The van der Waals surface area contributed by atoms with Crippen LogP contribution in [0.25, 0.3) is 75.4 Å². The Bertz CT molecular complexity index is 2910. The minimum Gasteiger partial charge on any atom is -0.0776 e. The van der Waals surface area contributed by atoms with Gasteiger partial charge in [-0.2, -0.15) is 0 Å². The molecule has 0 nitrogen and oxygen atoms in total. The standard InChI is InChI=1S/C16H14.2C14H10.C10H8.C6H6.13C2H6.CH4/c1-11-12(2)14-8-4-6-10-16(14)15-9-5-3-7-13(11)15;2*1-3-7-13-11(5-1)9-10-12-6-2-4-8-14(12)13;1-2-6-10-8-4-3-7-9(10)5-1;1-2-4-6-5-3-1;13*1-2;/h3-10H,1-2H3;2*1-10H;1-8H;1-6H;13*1-2H3;1H4. The zero-order valence-corrected chi connectivity index (χ0v) is 60.2. The topological polar surface area (TPSA) is 0 Å². The van der Waals surface area contributed by atoms with Gasteiger partial charge in [0.05, 0.1) is 0 Å². The van der Waals surface area contributed by atoms with Crippen molar-refractivity contribution in [1.82, 2.24) is 0 Å². The van der Waals surface area contributed by atoms with Crippen LogP contribution in [0.4, 0.5) is 0 Å². The van der Waals surface area contributed by atoms with E-state index < -0.39 is 0 Å². The maximum Gasteiger partial charge on any atom is -0.0103 e. The average molecular weight is 1180 g/mol. The van der Waals surface area contributed by atoms with E-state index in [2.05, 4.69) is 232 Å². The molecule has 0 spiro atoms. The monoisotopic (exact) mass is 1180 g/mol. The van der Waals surface area contributed by atoms with Gasteiger partial charge in [-0.25, -0.2) is 0 Å². The maximum atomic E-state index is 2.21. The molecule has 0 aliphatic carbocycles. The molecular weight excluding hydrogens is 1040 g/mol. The fraction of sp³-hybridized carbons (Fsp3) is 0.333. The molecule has 87 heavy (non-hydrogen) atoms. The summed E-state index contributed by atoms with van der Waals surface area (Å²) in [6, 6.07) is 88.8. The SMILES string of the molecule is C.CC.CC.CC.CC.CC.CC.CC.CC.CC.CC.CC.CC.CC.Cc1c(C)c2ccccc2c2ccccc12.c1ccc2c(c1)ccc1ccccc12.c1ccc2c(c1)ccc1ccccc12.c1ccc2ccccc2c1.c1ccccc1. The molecule has 0 bridgehead atoms. The van der Waals surface area contributed by atoms with Gasteiger partial charge < -0.3 is 0 Å². The van der Waals surface area contributed by atoms with E-state index in [4.69, 9.17) is 0 Å². The maximum absolute atomic E-state index is 2.21. The Labute approximate surface area is 539 Å². The zero-order valence-electron chi connectivity index (χ0n) is 60.2. The zero-order chi connectivity index (χ0) is 66.9. The molecular formula is C87H130. The van der Waals surface area contributed by atoms with Crippen LogP contribution < -0.4 is 0 Å². The summed E-state index contributed by atoms with van der Waals surface area (Å²) in [5, 5.41) is 18.7.